The smallest absolute Gasteiger partial charge is 0.165 e. The minimum absolute atomic E-state index is 0.0206. The van der Waals surface area contributed by atoms with Crippen molar-refractivity contribution in [2.75, 3.05) is 7.11 Å². The van der Waals surface area contributed by atoms with Crippen LogP contribution < -0.4 is 16.0 Å². The number of nitrogens with one attached hydrogen (secondary N) is 1. The first kappa shape index (κ1) is 9.88. The van der Waals surface area contributed by atoms with E-state index in [0.717, 1.165) is 12.1 Å². The third-order valence-electron chi connectivity index (χ3n) is 1.64. The maximum absolute atomic E-state index is 13.1. The Kier molecular flexibility index (Phi) is 3.16. The largest absolute Gasteiger partial charge is 0.493 e. The van der Waals surface area contributed by atoms with Gasteiger partial charge in [-0.2, -0.15) is 0 Å². The molecule has 0 saturated carbocycles. The topological polar surface area (TPSA) is 47.3 Å². The van der Waals surface area contributed by atoms with Crippen molar-refractivity contribution in [1.29, 1.82) is 0 Å². The van der Waals surface area contributed by atoms with Gasteiger partial charge in [-0.15, -0.1) is 0 Å². The van der Waals surface area contributed by atoms with Gasteiger partial charge in [0.05, 0.1) is 7.11 Å². The summed E-state index contributed by atoms with van der Waals surface area (Å²) >= 11 is 0. The molecular weight excluding hydrogens is 178 g/mol. The molecule has 3 nitrogen and oxygen atoms in total. The molecule has 0 aliphatic rings. The van der Waals surface area contributed by atoms with Crippen molar-refractivity contribution in [2.45, 2.75) is 6.54 Å². The first-order valence-corrected chi connectivity index (χ1v) is 3.65. The van der Waals surface area contributed by atoms with E-state index in [-0.39, 0.29) is 17.9 Å². The van der Waals surface area contributed by atoms with Crippen molar-refractivity contribution < 1.29 is 13.5 Å². The van der Waals surface area contributed by atoms with Gasteiger partial charge in [-0.3, -0.25) is 11.3 Å². The van der Waals surface area contributed by atoms with E-state index in [9.17, 15) is 8.78 Å². The summed E-state index contributed by atoms with van der Waals surface area (Å²) in [7, 11) is 1.28. The number of methoxy groups -OCH3 is 1. The first-order valence-electron chi connectivity index (χ1n) is 3.65. The van der Waals surface area contributed by atoms with Gasteiger partial charge in [-0.05, 0) is 12.1 Å². The van der Waals surface area contributed by atoms with Crippen LogP contribution in [0.15, 0.2) is 12.1 Å². The van der Waals surface area contributed by atoms with Crippen molar-refractivity contribution in [3.8, 4) is 5.75 Å². The second-order valence-corrected chi connectivity index (χ2v) is 2.42. The summed E-state index contributed by atoms with van der Waals surface area (Å²) in [6, 6.07) is 2.04. The highest BCUT2D eigenvalue weighted by molar-refractivity contribution is 5.36. The number of rotatable bonds is 3. The van der Waals surface area contributed by atoms with Crippen LogP contribution in [0.2, 0.25) is 0 Å². The van der Waals surface area contributed by atoms with Gasteiger partial charge in [0, 0.05) is 12.1 Å². The quantitative estimate of drug-likeness (QED) is 0.548. The van der Waals surface area contributed by atoms with E-state index in [1.165, 1.54) is 7.11 Å². The molecule has 3 N–H and O–H groups in total. The minimum Gasteiger partial charge on any atom is -0.493 e. The van der Waals surface area contributed by atoms with Crippen LogP contribution in [-0.4, -0.2) is 7.11 Å². The Morgan fingerprint density at radius 3 is 2.54 bits per heavy atom. The molecule has 0 saturated heterocycles. The maximum atomic E-state index is 13.1. The van der Waals surface area contributed by atoms with E-state index in [4.69, 9.17) is 10.6 Å². The van der Waals surface area contributed by atoms with Crippen molar-refractivity contribution in [1.82, 2.24) is 5.43 Å². The van der Waals surface area contributed by atoms with Crippen LogP contribution in [0.3, 0.4) is 0 Å². The van der Waals surface area contributed by atoms with Crippen molar-refractivity contribution in [2.24, 2.45) is 5.84 Å². The van der Waals surface area contributed by atoms with Gasteiger partial charge >= 0.3 is 0 Å². The Morgan fingerprint density at radius 1 is 1.38 bits per heavy atom. The molecule has 0 aromatic heterocycles. The molecule has 0 atom stereocenters. The van der Waals surface area contributed by atoms with E-state index in [1.807, 2.05) is 0 Å². The fourth-order valence-electron chi connectivity index (χ4n) is 1.06. The number of hydrogen-bond donors (Lipinski definition) is 2. The van der Waals surface area contributed by atoms with E-state index < -0.39 is 11.6 Å². The van der Waals surface area contributed by atoms with Crippen LogP contribution in [0.4, 0.5) is 8.78 Å². The summed E-state index contributed by atoms with van der Waals surface area (Å²) in [6.07, 6.45) is 0. The summed E-state index contributed by atoms with van der Waals surface area (Å²) in [5.41, 5.74) is 2.33. The Hall–Kier alpha value is -1.20. The van der Waals surface area contributed by atoms with Crippen LogP contribution in [0.1, 0.15) is 5.56 Å². The molecule has 0 bridgehead atoms. The summed E-state index contributed by atoms with van der Waals surface area (Å²) in [6.45, 7) is 0.0206. The van der Waals surface area contributed by atoms with Gasteiger partial charge in [0.1, 0.15) is 5.82 Å². The zero-order valence-corrected chi connectivity index (χ0v) is 7.10. The molecule has 1 aromatic carbocycles. The predicted octanol–water partition coefficient (Wildman–Crippen LogP) is 0.937. The number of hydrogen-bond acceptors (Lipinski definition) is 3. The Bertz CT molecular complexity index is 304. The molecule has 0 aliphatic heterocycles. The molecule has 0 unspecified atom stereocenters. The summed E-state index contributed by atoms with van der Waals surface area (Å²) in [5.74, 6) is 3.75. The number of halogens is 2. The van der Waals surface area contributed by atoms with Crippen molar-refractivity contribution in [3.63, 3.8) is 0 Å². The second-order valence-electron chi connectivity index (χ2n) is 2.42. The Labute approximate surface area is 74.5 Å². The normalized spacial score (nSPS) is 10.2. The average molecular weight is 188 g/mol. The monoisotopic (exact) mass is 188 g/mol. The summed E-state index contributed by atoms with van der Waals surface area (Å²) in [4.78, 5) is 0. The van der Waals surface area contributed by atoms with Crippen LogP contribution in [0, 0.1) is 11.6 Å². The molecular formula is C8H10F2N2O. The van der Waals surface area contributed by atoms with Gasteiger partial charge in [-0.1, -0.05) is 0 Å². The van der Waals surface area contributed by atoms with Gasteiger partial charge in [0.2, 0.25) is 0 Å². The predicted molar refractivity (Wildman–Crippen MR) is 43.9 cm³/mol. The first-order chi connectivity index (χ1) is 6.20. The van der Waals surface area contributed by atoms with Gasteiger partial charge in [0.15, 0.2) is 11.6 Å². The van der Waals surface area contributed by atoms with Crippen molar-refractivity contribution in [3.05, 3.63) is 29.3 Å². The highest BCUT2D eigenvalue weighted by Crippen LogP contribution is 2.24. The number of nitrogens with two attached hydrogens (primary N) is 1. The third kappa shape index (κ3) is 1.93. The molecule has 0 aliphatic carbocycles. The molecule has 1 aromatic rings. The van der Waals surface area contributed by atoms with E-state index in [2.05, 4.69) is 5.43 Å². The Balaban J connectivity index is 3.18. The standard InChI is InChI=1S/C8H10F2N2O/c1-13-8-5(4-12-11)6(9)2-3-7(8)10/h2-3,12H,4,11H2,1H3. The van der Waals surface area contributed by atoms with Gasteiger partial charge in [0.25, 0.3) is 0 Å². The van der Waals surface area contributed by atoms with E-state index in [0.29, 0.717) is 0 Å². The Morgan fingerprint density at radius 2 is 2.00 bits per heavy atom. The third-order valence-corrected chi connectivity index (χ3v) is 1.64. The molecule has 0 amide bonds. The molecule has 0 heterocycles. The second kappa shape index (κ2) is 4.15. The molecule has 0 radical (unpaired) electrons. The molecule has 13 heavy (non-hydrogen) atoms. The minimum atomic E-state index is -0.603. The zero-order valence-electron chi connectivity index (χ0n) is 7.10. The molecule has 1 rings (SSSR count). The van der Waals surface area contributed by atoms with Crippen LogP contribution >= 0.6 is 0 Å². The zero-order chi connectivity index (χ0) is 9.84. The molecule has 0 fully saturated rings. The highest BCUT2D eigenvalue weighted by atomic mass is 19.1. The van der Waals surface area contributed by atoms with Gasteiger partial charge < -0.3 is 4.74 Å². The lowest BCUT2D eigenvalue weighted by Crippen LogP contribution is -2.22. The molecule has 5 heteroatoms. The van der Waals surface area contributed by atoms with E-state index >= 15 is 0 Å². The average Bonchev–Trinajstić information content (AvgIpc) is 2.12. The van der Waals surface area contributed by atoms with Crippen LogP contribution in [-0.2, 0) is 6.54 Å². The SMILES string of the molecule is COc1c(F)ccc(F)c1CNN. The summed E-state index contributed by atoms with van der Waals surface area (Å²) < 4.78 is 30.8. The van der Waals surface area contributed by atoms with E-state index in [1.54, 1.807) is 0 Å². The van der Waals surface area contributed by atoms with Crippen molar-refractivity contribution >= 4 is 0 Å². The van der Waals surface area contributed by atoms with Gasteiger partial charge in [-0.25, -0.2) is 8.78 Å². The summed E-state index contributed by atoms with van der Waals surface area (Å²) in [5, 5.41) is 0. The maximum Gasteiger partial charge on any atom is 0.165 e. The molecule has 72 valence electrons. The van der Waals surface area contributed by atoms with Crippen LogP contribution in [0.25, 0.3) is 0 Å². The highest BCUT2D eigenvalue weighted by Gasteiger charge is 2.13. The number of ether oxygens (including phenoxy) is 1. The fourth-order valence-corrected chi connectivity index (χ4v) is 1.06. The number of benzene rings is 1. The fraction of sp³-hybridized carbons (Fsp3) is 0.250. The number of hydrazine groups is 1. The lowest BCUT2D eigenvalue weighted by atomic mass is 10.2. The van der Waals surface area contributed by atoms with Crippen LogP contribution in [0.5, 0.6) is 5.75 Å². The lowest BCUT2D eigenvalue weighted by molar-refractivity contribution is 0.374. The molecule has 0 spiro atoms. The lowest BCUT2D eigenvalue weighted by Gasteiger charge is -2.09.